The highest BCUT2D eigenvalue weighted by molar-refractivity contribution is 14.1. The monoisotopic (exact) mass is 614 g/mol. The lowest BCUT2D eigenvalue weighted by Gasteiger charge is -2.18. The minimum Gasteiger partial charge on any atom is -0.352 e. The molecule has 12 heteroatoms. The summed E-state index contributed by atoms with van der Waals surface area (Å²) in [6.45, 7) is 2.02. The summed E-state index contributed by atoms with van der Waals surface area (Å²) in [7, 11) is -4.60. The number of aryl methyl sites for hydroxylation is 1. The molecule has 4 rings (SSSR count). The van der Waals surface area contributed by atoms with Crippen molar-refractivity contribution in [2.24, 2.45) is 5.92 Å². The van der Waals surface area contributed by atoms with Crippen molar-refractivity contribution in [3.63, 3.8) is 0 Å². The van der Waals surface area contributed by atoms with Gasteiger partial charge in [-0.2, -0.15) is 0 Å². The van der Waals surface area contributed by atoms with Crippen LogP contribution in [0.3, 0.4) is 0 Å². The Morgan fingerprint density at radius 3 is 2.63 bits per heavy atom. The van der Waals surface area contributed by atoms with Gasteiger partial charge in [-0.1, -0.05) is 0 Å². The predicted octanol–water partition coefficient (Wildman–Crippen LogP) is 4.89. The van der Waals surface area contributed by atoms with E-state index in [1.165, 1.54) is 24.5 Å². The summed E-state index contributed by atoms with van der Waals surface area (Å²) in [4.78, 5) is 20.9. The van der Waals surface area contributed by atoms with Crippen LogP contribution in [0, 0.1) is 28.0 Å². The molecule has 0 spiro atoms. The molecule has 1 amide bonds. The van der Waals surface area contributed by atoms with Crippen LogP contribution in [-0.4, -0.2) is 25.9 Å². The molecule has 1 saturated carbocycles. The Hall–Kier alpha value is -2.84. The molecule has 0 saturated heterocycles. The van der Waals surface area contributed by atoms with Gasteiger partial charge in [0.1, 0.15) is 4.90 Å². The molecule has 2 aromatic carbocycles. The molecule has 0 bridgehead atoms. The third kappa shape index (κ3) is 6.05. The summed E-state index contributed by atoms with van der Waals surface area (Å²) in [5.74, 6) is -3.76. The van der Waals surface area contributed by atoms with Crippen LogP contribution in [0.5, 0.6) is 0 Å². The number of hydroxylamine groups is 1. The van der Waals surface area contributed by atoms with Crippen LogP contribution < -0.4 is 15.5 Å². The number of nitrogens with one attached hydrogen (secondary N) is 3. The van der Waals surface area contributed by atoms with Gasteiger partial charge in [0.2, 0.25) is 0 Å². The molecular formula is C23H21F2IN4O4S. The van der Waals surface area contributed by atoms with E-state index in [-0.39, 0.29) is 12.3 Å². The first kappa shape index (κ1) is 25.3. The Bertz CT molecular complexity index is 1370. The lowest BCUT2D eigenvalue weighted by molar-refractivity contribution is 0.0270. The summed E-state index contributed by atoms with van der Waals surface area (Å²) < 4.78 is 59.3. The van der Waals surface area contributed by atoms with E-state index < -0.39 is 43.7 Å². The van der Waals surface area contributed by atoms with Crippen molar-refractivity contribution in [3.05, 3.63) is 75.1 Å². The van der Waals surface area contributed by atoms with Crippen LogP contribution >= 0.6 is 22.6 Å². The largest absolute Gasteiger partial charge is 0.352 e. The highest BCUT2D eigenvalue weighted by Gasteiger charge is 2.30. The molecule has 1 aliphatic rings. The van der Waals surface area contributed by atoms with Gasteiger partial charge in [0, 0.05) is 15.5 Å². The highest BCUT2D eigenvalue weighted by Crippen LogP contribution is 2.33. The van der Waals surface area contributed by atoms with E-state index in [2.05, 4.69) is 43.1 Å². The number of carbonyl (C=O) groups is 1. The third-order valence-electron chi connectivity index (χ3n) is 5.25. The van der Waals surface area contributed by atoms with Crippen LogP contribution in [0.15, 0.2) is 53.7 Å². The van der Waals surface area contributed by atoms with Gasteiger partial charge in [0.25, 0.3) is 15.9 Å². The zero-order valence-corrected chi connectivity index (χ0v) is 21.4. The first-order valence-corrected chi connectivity index (χ1v) is 13.1. The van der Waals surface area contributed by atoms with Gasteiger partial charge in [-0.15, -0.1) is 0 Å². The van der Waals surface area contributed by atoms with Crippen LogP contribution in [0.4, 0.5) is 25.8 Å². The zero-order valence-electron chi connectivity index (χ0n) is 18.4. The normalized spacial score (nSPS) is 13.4. The van der Waals surface area contributed by atoms with E-state index in [1.54, 1.807) is 19.1 Å². The number of hydrogen-bond acceptors (Lipinski definition) is 6. The summed E-state index contributed by atoms with van der Waals surface area (Å²) in [5.41, 5.74) is 2.42. The van der Waals surface area contributed by atoms with E-state index in [0.717, 1.165) is 22.5 Å². The van der Waals surface area contributed by atoms with E-state index in [9.17, 15) is 13.2 Å². The van der Waals surface area contributed by atoms with Crippen LogP contribution in [0.2, 0.25) is 0 Å². The molecule has 1 aliphatic carbocycles. The van der Waals surface area contributed by atoms with Gasteiger partial charge in [-0.05, 0) is 90.2 Å². The van der Waals surface area contributed by atoms with Crippen molar-refractivity contribution < 1.29 is 26.8 Å². The van der Waals surface area contributed by atoms with Gasteiger partial charge >= 0.3 is 0 Å². The van der Waals surface area contributed by atoms with Crippen molar-refractivity contribution in [1.82, 2.24) is 10.5 Å². The Balaban J connectivity index is 1.75. The number of carbonyl (C=O) groups excluding carboxylic acids is 1. The Morgan fingerprint density at radius 2 is 1.97 bits per heavy atom. The Labute approximate surface area is 214 Å². The smallest absolute Gasteiger partial charge is 0.277 e. The number of hydrogen-bond donors (Lipinski definition) is 3. The first-order valence-electron chi connectivity index (χ1n) is 10.6. The van der Waals surface area contributed by atoms with Crippen molar-refractivity contribution in [3.8, 4) is 0 Å². The SMILES string of the molecule is Cc1cc(I)ccc1Nc1c(C(=O)NOCC2CC2)cc(S(=O)(=O)Nc2cccnc2)c(F)c1F. The summed E-state index contributed by atoms with van der Waals surface area (Å²) in [6, 6.07) is 8.85. The fraction of sp³-hybridized carbons (Fsp3) is 0.217. The maximum absolute atomic E-state index is 15.3. The minimum atomic E-state index is -4.60. The van der Waals surface area contributed by atoms with Gasteiger partial charge in [0.05, 0.1) is 29.7 Å². The standard InChI is InChI=1S/C23H21F2IN4O4S/c1-13-9-15(26)6-7-18(13)28-22-17(23(31)29-34-12-14-4-5-14)10-19(20(24)21(22)25)35(32,33)30-16-3-2-8-27-11-16/h2-3,6-11,14,28,30H,4-5,12H2,1H3,(H,29,31). The van der Waals surface area contributed by atoms with E-state index in [4.69, 9.17) is 4.84 Å². The number of aromatic nitrogens is 1. The molecule has 0 aliphatic heterocycles. The van der Waals surface area contributed by atoms with Crippen LogP contribution in [0.25, 0.3) is 0 Å². The maximum Gasteiger partial charge on any atom is 0.277 e. The van der Waals surface area contributed by atoms with Crippen molar-refractivity contribution in [1.29, 1.82) is 0 Å². The van der Waals surface area contributed by atoms with Crippen LogP contribution in [0.1, 0.15) is 28.8 Å². The lowest BCUT2D eigenvalue weighted by Crippen LogP contribution is -2.27. The van der Waals surface area contributed by atoms with Crippen molar-refractivity contribution in [2.75, 3.05) is 16.6 Å². The van der Waals surface area contributed by atoms with Gasteiger partial charge in [-0.25, -0.2) is 22.7 Å². The fourth-order valence-corrected chi connectivity index (χ4v) is 4.99. The average Bonchev–Trinajstić information content (AvgIpc) is 3.63. The number of amides is 1. The molecule has 1 fully saturated rings. The van der Waals surface area contributed by atoms with E-state index in [1.807, 2.05) is 6.07 Å². The summed E-state index contributed by atoms with van der Waals surface area (Å²) in [5, 5.41) is 2.74. The topological polar surface area (TPSA) is 109 Å². The second-order valence-electron chi connectivity index (χ2n) is 8.04. The number of benzene rings is 2. The molecular weight excluding hydrogens is 593 g/mol. The predicted molar refractivity (Wildman–Crippen MR) is 135 cm³/mol. The number of pyridine rings is 1. The van der Waals surface area contributed by atoms with Gasteiger partial charge < -0.3 is 5.32 Å². The number of anilines is 3. The third-order valence-corrected chi connectivity index (χ3v) is 7.30. The van der Waals surface area contributed by atoms with E-state index >= 15 is 8.78 Å². The van der Waals surface area contributed by atoms with Crippen LogP contribution in [-0.2, 0) is 14.9 Å². The highest BCUT2D eigenvalue weighted by atomic mass is 127. The van der Waals surface area contributed by atoms with Crippen molar-refractivity contribution >= 4 is 55.6 Å². The number of sulfonamides is 1. The molecule has 1 aromatic heterocycles. The lowest BCUT2D eigenvalue weighted by atomic mass is 10.1. The molecule has 35 heavy (non-hydrogen) atoms. The molecule has 8 nitrogen and oxygen atoms in total. The first-order chi connectivity index (χ1) is 16.7. The quantitative estimate of drug-likeness (QED) is 0.234. The van der Waals surface area contributed by atoms with Gasteiger partial charge in [-0.3, -0.25) is 19.3 Å². The second-order valence-corrected chi connectivity index (χ2v) is 10.9. The zero-order chi connectivity index (χ0) is 25.2. The molecule has 0 atom stereocenters. The summed E-state index contributed by atoms with van der Waals surface area (Å²) >= 11 is 2.11. The molecule has 0 radical (unpaired) electrons. The Kier molecular flexibility index (Phi) is 7.52. The molecule has 3 aromatic rings. The molecule has 3 N–H and O–H groups in total. The number of nitrogens with zero attached hydrogens (tertiary/aromatic N) is 1. The number of rotatable bonds is 9. The molecule has 184 valence electrons. The Morgan fingerprint density at radius 1 is 1.20 bits per heavy atom. The van der Waals surface area contributed by atoms with E-state index in [0.29, 0.717) is 17.2 Å². The van der Waals surface area contributed by atoms with Gasteiger partial charge in [0.15, 0.2) is 11.6 Å². The second kappa shape index (κ2) is 10.4. The number of halogens is 3. The molecule has 0 unspecified atom stereocenters. The van der Waals surface area contributed by atoms with Crippen molar-refractivity contribution in [2.45, 2.75) is 24.7 Å². The maximum atomic E-state index is 15.3. The fourth-order valence-electron chi connectivity index (χ4n) is 3.20. The molecule has 1 heterocycles. The minimum absolute atomic E-state index is 0.0443. The summed E-state index contributed by atoms with van der Waals surface area (Å²) in [6.07, 6.45) is 4.58. The average molecular weight is 614 g/mol.